The van der Waals surface area contributed by atoms with Gasteiger partial charge in [-0.15, -0.1) is 0 Å². The third-order valence-electron chi connectivity index (χ3n) is 12.7. The summed E-state index contributed by atoms with van der Waals surface area (Å²) in [6.45, 7) is 4.27. The van der Waals surface area contributed by atoms with Gasteiger partial charge in [-0.1, -0.05) is 157 Å². The van der Waals surface area contributed by atoms with Crippen molar-refractivity contribution in [3.8, 4) is 22.3 Å². The molecule has 0 unspecified atom stereocenters. The van der Waals surface area contributed by atoms with Gasteiger partial charge in [0.25, 0.3) is 0 Å². The van der Waals surface area contributed by atoms with E-state index in [4.69, 9.17) is 0 Å². The zero-order valence-electron chi connectivity index (χ0n) is 37.7. The normalized spacial score (nSPS) is 11.1. The average Bonchev–Trinajstić information content (AvgIpc) is 3.38. The van der Waals surface area contributed by atoms with Crippen LogP contribution in [0, 0.1) is 13.8 Å². The molecule has 0 spiro atoms. The number of anilines is 9. The molecule has 0 aromatic heterocycles. The Morgan fingerprint density at radius 3 is 1.18 bits per heavy atom. The van der Waals surface area contributed by atoms with Crippen molar-refractivity contribution in [3.05, 3.63) is 272 Å². The van der Waals surface area contributed by atoms with E-state index in [9.17, 15) is 0 Å². The highest BCUT2D eigenvalue weighted by molar-refractivity contribution is 6.00. The predicted octanol–water partition coefficient (Wildman–Crippen LogP) is 18.4. The monoisotopic (exact) mass is 859 g/mol. The Bertz CT molecular complexity index is 3490. The molecule has 320 valence electrons. The zero-order valence-corrected chi connectivity index (χ0v) is 37.7. The van der Waals surface area contributed by atoms with E-state index in [0.29, 0.717) is 0 Å². The minimum Gasteiger partial charge on any atom is -0.310 e. The van der Waals surface area contributed by atoms with E-state index in [1.54, 1.807) is 0 Å². The van der Waals surface area contributed by atoms with Gasteiger partial charge < -0.3 is 14.7 Å². The largest absolute Gasteiger partial charge is 0.310 e. The second kappa shape index (κ2) is 18.1. The van der Waals surface area contributed by atoms with E-state index in [2.05, 4.69) is 289 Å². The Morgan fingerprint density at radius 1 is 0.224 bits per heavy atom. The van der Waals surface area contributed by atoms with Crippen molar-refractivity contribution >= 4 is 72.7 Å². The fourth-order valence-electron chi connectivity index (χ4n) is 9.30. The van der Waals surface area contributed by atoms with Crippen molar-refractivity contribution in [2.45, 2.75) is 13.8 Å². The molecule has 0 saturated heterocycles. The Labute approximate surface area is 393 Å². The van der Waals surface area contributed by atoms with Crippen molar-refractivity contribution in [3.63, 3.8) is 0 Å². The van der Waals surface area contributed by atoms with Crippen LogP contribution in [0.2, 0.25) is 0 Å². The first kappa shape index (κ1) is 41.1. The fourth-order valence-corrected chi connectivity index (χ4v) is 9.30. The predicted molar refractivity (Wildman–Crippen MR) is 286 cm³/mol. The van der Waals surface area contributed by atoms with E-state index < -0.39 is 0 Å². The summed E-state index contributed by atoms with van der Waals surface area (Å²) in [7, 11) is 0. The van der Waals surface area contributed by atoms with Crippen LogP contribution in [0.3, 0.4) is 0 Å². The van der Waals surface area contributed by atoms with Gasteiger partial charge in [-0.2, -0.15) is 0 Å². The van der Waals surface area contributed by atoms with Crippen molar-refractivity contribution in [1.82, 2.24) is 0 Å². The first-order valence-electron chi connectivity index (χ1n) is 23.0. The average molecular weight is 860 g/mol. The van der Waals surface area contributed by atoms with E-state index in [0.717, 1.165) is 73.4 Å². The van der Waals surface area contributed by atoms with Gasteiger partial charge in [0.2, 0.25) is 0 Å². The van der Waals surface area contributed by atoms with Gasteiger partial charge in [0.1, 0.15) is 0 Å². The molecule has 0 N–H and O–H groups in total. The highest BCUT2D eigenvalue weighted by atomic mass is 15.2. The molecule has 0 aliphatic carbocycles. The molecule has 0 heterocycles. The van der Waals surface area contributed by atoms with Gasteiger partial charge in [0, 0.05) is 51.1 Å². The summed E-state index contributed by atoms with van der Waals surface area (Å²) in [6, 6.07) is 94.6. The van der Waals surface area contributed by atoms with Crippen LogP contribution in [0.25, 0.3) is 43.8 Å². The van der Waals surface area contributed by atoms with Crippen LogP contribution in [0.1, 0.15) is 11.1 Å². The van der Waals surface area contributed by atoms with Crippen LogP contribution < -0.4 is 14.7 Å². The number of benzene rings is 11. The summed E-state index contributed by atoms with van der Waals surface area (Å²) >= 11 is 0. The van der Waals surface area contributed by atoms with E-state index >= 15 is 0 Å². The molecule has 3 nitrogen and oxygen atoms in total. The number of rotatable bonds is 11. The quantitative estimate of drug-likeness (QED) is 0.120. The Morgan fingerprint density at radius 2 is 0.597 bits per heavy atom. The second-order valence-electron chi connectivity index (χ2n) is 17.2. The maximum atomic E-state index is 2.41. The number of hydrogen-bond acceptors (Lipinski definition) is 3. The Balaban J connectivity index is 1.05. The summed E-state index contributed by atoms with van der Waals surface area (Å²) < 4.78 is 0. The fraction of sp³-hybridized carbons (Fsp3) is 0.0312. The second-order valence-corrected chi connectivity index (χ2v) is 17.2. The van der Waals surface area contributed by atoms with Gasteiger partial charge in [0.05, 0.1) is 5.69 Å². The third kappa shape index (κ3) is 8.43. The molecule has 0 aliphatic rings. The van der Waals surface area contributed by atoms with Gasteiger partial charge in [-0.3, -0.25) is 0 Å². The van der Waals surface area contributed by atoms with Crippen LogP contribution in [0.5, 0.6) is 0 Å². The minimum absolute atomic E-state index is 1.06. The molecule has 67 heavy (non-hydrogen) atoms. The lowest BCUT2D eigenvalue weighted by molar-refractivity contribution is 1.27. The first-order valence-corrected chi connectivity index (χ1v) is 23.0. The Kier molecular flexibility index (Phi) is 11.1. The maximum Gasteiger partial charge on any atom is 0.0540 e. The van der Waals surface area contributed by atoms with E-state index in [1.807, 2.05) is 0 Å². The maximum absolute atomic E-state index is 2.41. The molecule has 0 amide bonds. The van der Waals surface area contributed by atoms with E-state index in [-0.39, 0.29) is 0 Å². The molecule has 0 bridgehead atoms. The van der Waals surface area contributed by atoms with Gasteiger partial charge in [-0.05, 0) is 167 Å². The summed E-state index contributed by atoms with van der Waals surface area (Å²) in [6.07, 6.45) is 0. The molecule has 11 aromatic carbocycles. The molecule has 0 radical (unpaired) electrons. The molecule has 11 aromatic rings. The molecule has 11 rings (SSSR count). The standard InChI is InChI=1S/C64H49N3/c1-46-30-35-57(36-31-46)65(55-21-5-3-6-22-55)59-25-13-18-50(42-59)51-19-14-26-60(43-51)66(62-39-34-52-40-48-16-9-10-17-49(48)41-54(52)45-62)61-27-15-20-53(44-61)63-28-11-12-29-64(63)67(56-23-7-4-8-24-56)58-37-32-47(2)33-38-58/h3-45H,1-2H3. The van der Waals surface area contributed by atoms with Crippen LogP contribution in [0.4, 0.5) is 51.2 Å². The number of hydrogen-bond donors (Lipinski definition) is 0. The summed E-state index contributed by atoms with van der Waals surface area (Å²) in [4.78, 5) is 7.10. The van der Waals surface area contributed by atoms with Crippen LogP contribution in [-0.4, -0.2) is 0 Å². The SMILES string of the molecule is Cc1ccc(N(c2ccccc2)c2cccc(-c3cccc(N(c4cccc(-c5ccccc5N(c5ccccc5)c5ccc(C)cc5)c4)c4ccc5cc6ccccc6cc5c4)c3)c2)cc1. The summed E-state index contributed by atoms with van der Waals surface area (Å²) in [5, 5.41) is 4.87. The molecule has 3 heteroatoms. The molecule has 0 atom stereocenters. The van der Waals surface area contributed by atoms with Gasteiger partial charge >= 0.3 is 0 Å². The lowest BCUT2D eigenvalue weighted by atomic mass is 9.99. The number of fused-ring (bicyclic) bond motifs is 2. The number of nitrogens with zero attached hydrogens (tertiary/aromatic N) is 3. The topological polar surface area (TPSA) is 9.72 Å². The highest BCUT2D eigenvalue weighted by Gasteiger charge is 2.20. The number of para-hydroxylation sites is 3. The molecular weight excluding hydrogens is 811 g/mol. The lowest BCUT2D eigenvalue weighted by Gasteiger charge is -2.29. The van der Waals surface area contributed by atoms with Crippen LogP contribution in [-0.2, 0) is 0 Å². The lowest BCUT2D eigenvalue weighted by Crippen LogP contribution is -2.12. The van der Waals surface area contributed by atoms with Crippen LogP contribution in [0.15, 0.2) is 261 Å². The third-order valence-corrected chi connectivity index (χ3v) is 12.7. The number of aryl methyl sites for hydroxylation is 2. The summed E-state index contributed by atoms with van der Waals surface area (Å²) in [5.41, 5.74) is 16.9. The van der Waals surface area contributed by atoms with E-state index in [1.165, 1.54) is 32.7 Å². The van der Waals surface area contributed by atoms with Crippen molar-refractivity contribution in [2.75, 3.05) is 14.7 Å². The van der Waals surface area contributed by atoms with Gasteiger partial charge in [0.15, 0.2) is 0 Å². The van der Waals surface area contributed by atoms with Crippen molar-refractivity contribution < 1.29 is 0 Å². The van der Waals surface area contributed by atoms with Crippen molar-refractivity contribution in [2.24, 2.45) is 0 Å². The molecule has 0 saturated carbocycles. The summed E-state index contributed by atoms with van der Waals surface area (Å²) in [5.74, 6) is 0. The molecular formula is C64H49N3. The smallest absolute Gasteiger partial charge is 0.0540 e. The molecule has 0 aliphatic heterocycles. The van der Waals surface area contributed by atoms with Crippen molar-refractivity contribution in [1.29, 1.82) is 0 Å². The van der Waals surface area contributed by atoms with Gasteiger partial charge in [-0.25, -0.2) is 0 Å². The molecule has 0 fully saturated rings. The zero-order chi connectivity index (χ0) is 45.1. The minimum atomic E-state index is 1.06. The first-order chi connectivity index (χ1) is 33.0. The Hall–Kier alpha value is -8.66. The highest BCUT2D eigenvalue weighted by Crippen LogP contribution is 2.45. The van der Waals surface area contributed by atoms with Crippen LogP contribution >= 0.6 is 0 Å².